The van der Waals surface area contributed by atoms with E-state index in [-0.39, 0.29) is 17.2 Å². The Kier molecular flexibility index (Phi) is 13.8. The number of nitrogen functional groups attached to an aromatic ring is 1. The van der Waals surface area contributed by atoms with Gasteiger partial charge in [-0.05, 0) is 18.6 Å². The van der Waals surface area contributed by atoms with E-state index in [9.17, 15) is 14.9 Å². The number of benzene rings is 1. The van der Waals surface area contributed by atoms with Crippen molar-refractivity contribution in [1.82, 2.24) is 0 Å². The van der Waals surface area contributed by atoms with Crippen LogP contribution in [0.1, 0.15) is 120 Å². The highest BCUT2D eigenvalue weighted by molar-refractivity contribution is 5.97. The number of Topliss-reactive ketones (excluding diaryl/α,β-unsaturated/α-hetero) is 1. The maximum atomic E-state index is 12.2. The van der Waals surface area contributed by atoms with Crippen molar-refractivity contribution in [3.8, 4) is 0 Å². The molecule has 0 aromatic heterocycles. The van der Waals surface area contributed by atoms with Crippen molar-refractivity contribution < 1.29 is 9.72 Å². The van der Waals surface area contributed by atoms with Crippen molar-refractivity contribution in [3.05, 3.63) is 33.9 Å². The van der Waals surface area contributed by atoms with Crippen molar-refractivity contribution in [2.24, 2.45) is 0 Å². The lowest BCUT2D eigenvalue weighted by Crippen LogP contribution is -2.02. The summed E-state index contributed by atoms with van der Waals surface area (Å²) < 4.78 is 0. The summed E-state index contributed by atoms with van der Waals surface area (Å²) in [6, 6.07) is 4.24. The number of nitrogens with zero attached hydrogens (tertiary/aromatic N) is 1. The van der Waals surface area contributed by atoms with Crippen LogP contribution in [0.2, 0.25) is 0 Å². The predicted molar refractivity (Wildman–Crippen MR) is 121 cm³/mol. The molecule has 0 fully saturated rings. The molecule has 0 aliphatic heterocycles. The van der Waals surface area contributed by atoms with E-state index in [0.29, 0.717) is 12.0 Å². The van der Waals surface area contributed by atoms with Gasteiger partial charge in [0.1, 0.15) is 5.69 Å². The van der Waals surface area contributed by atoms with E-state index in [1.807, 2.05) is 0 Å². The van der Waals surface area contributed by atoms with Crippen LogP contribution < -0.4 is 5.73 Å². The van der Waals surface area contributed by atoms with Crippen LogP contribution in [0.3, 0.4) is 0 Å². The molecule has 0 heterocycles. The number of nitrogens with two attached hydrogens (primary N) is 1. The molecule has 0 saturated carbocycles. The smallest absolute Gasteiger partial charge is 0.292 e. The van der Waals surface area contributed by atoms with Crippen molar-refractivity contribution in [1.29, 1.82) is 0 Å². The highest BCUT2D eigenvalue weighted by Gasteiger charge is 2.14. The number of rotatable bonds is 18. The Labute approximate surface area is 176 Å². The number of nitro benzene ring substituents is 1. The maximum absolute atomic E-state index is 12.2. The minimum atomic E-state index is -0.530. The highest BCUT2D eigenvalue weighted by atomic mass is 16.6. The molecule has 29 heavy (non-hydrogen) atoms. The van der Waals surface area contributed by atoms with Gasteiger partial charge in [0.25, 0.3) is 5.69 Å². The average Bonchev–Trinajstić information content (AvgIpc) is 2.70. The van der Waals surface area contributed by atoms with E-state index in [0.717, 1.165) is 12.8 Å². The molecule has 2 N–H and O–H groups in total. The minimum Gasteiger partial charge on any atom is -0.393 e. The lowest BCUT2D eigenvalue weighted by molar-refractivity contribution is -0.383. The Morgan fingerprint density at radius 3 is 1.69 bits per heavy atom. The Bertz CT molecular complexity index is 602. The monoisotopic (exact) mass is 404 g/mol. The van der Waals surface area contributed by atoms with Gasteiger partial charge in [0.05, 0.1) is 4.92 Å². The molecule has 1 rings (SSSR count). The lowest BCUT2D eigenvalue weighted by Gasteiger charge is -2.04. The Balaban J connectivity index is 1.96. The zero-order chi connectivity index (χ0) is 21.3. The minimum absolute atomic E-state index is 0.0151. The van der Waals surface area contributed by atoms with E-state index in [2.05, 4.69) is 6.92 Å². The zero-order valence-corrected chi connectivity index (χ0v) is 18.3. The van der Waals surface area contributed by atoms with Crippen molar-refractivity contribution in [2.75, 3.05) is 5.73 Å². The summed E-state index contributed by atoms with van der Waals surface area (Å²) in [6.45, 7) is 2.26. The van der Waals surface area contributed by atoms with Gasteiger partial charge in [0.2, 0.25) is 0 Å². The second kappa shape index (κ2) is 15.9. The molecule has 0 atom stereocenters. The van der Waals surface area contributed by atoms with E-state index in [1.54, 1.807) is 0 Å². The third-order valence-electron chi connectivity index (χ3n) is 5.55. The number of nitro groups is 1. The van der Waals surface area contributed by atoms with Gasteiger partial charge < -0.3 is 5.73 Å². The van der Waals surface area contributed by atoms with Gasteiger partial charge in [0.15, 0.2) is 5.78 Å². The molecule has 0 amide bonds. The van der Waals surface area contributed by atoms with Crippen LogP contribution in [-0.4, -0.2) is 10.7 Å². The summed E-state index contributed by atoms with van der Waals surface area (Å²) in [5.41, 5.74) is 6.03. The van der Waals surface area contributed by atoms with E-state index >= 15 is 0 Å². The molecular formula is C24H40N2O3. The molecule has 164 valence electrons. The Morgan fingerprint density at radius 1 is 0.828 bits per heavy atom. The van der Waals surface area contributed by atoms with Crippen LogP contribution in [0, 0.1) is 10.1 Å². The molecular weight excluding hydrogens is 364 g/mol. The molecule has 0 bridgehead atoms. The second-order valence-electron chi connectivity index (χ2n) is 8.15. The van der Waals surface area contributed by atoms with Gasteiger partial charge in [-0.1, -0.05) is 96.8 Å². The summed E-state index contributed by atoms with van der Waals surface area (Å²) >= 11 is 0. The molecule has 1 aromatic carbocycles. The predicted octanol–water partition coefficient (Wildman–Crippen LogP) is 7.62. The van der Waals surface area contributed by atoms with Gasteiger partial charge >= 0.3 is 0 Å². The first-order valence-electron chi connectivity index (χ1n) is 11.6. The van der Waals surface area contributed by atoms with Crippen LogP contribution in [0.5, 0.6) is 0 Å². The summed E-state index contributed by atoms with van der Waals surface area (Å²) in [5, 5.41) is 10.8. The molecule has 0 aliphatic carbocycles. The number of carbonyl (C=O) groups excluding carboxylic acids is 1. The number of hydrogen-bond acceptors (Lipinski definition) is 4. The van der Waals surface area contributed by atoms with Crippen molar-refractivity contribution >= 4 is 17.2 Å². The summed E-state index contributed by atoms with van der Waals surface area (Å²) in [7, 11) is 0. The van der Waals surface area contributed by atoms with Crippen LogP contribution in [-0.2, 0) is 0 Å². The molecule has 0 unspecified atom stereocenters. The van der Waals surface area contributed by atoms with Crippen LogP contribution >= 0.6 is 0 Å². The first-order chi connectivity index (χ1) is 14.1. The number of unbranched alkanes of at least 4 members (excludes halogenated alkanes) is 14. The molecule has 5 nitrogen and oxygen atoms in total. The number of anilines is 1. The van der Waals surface area contributed by atoms with Crippen molar-refractivity contribution in [2.45, 2.75) is 110 Å². The third-order valence-corrected chi connectivity index (χ3v) is 5.55. The lowest BCUT2D eigenvalue weighted by atomic mass is 10.0. The van der Waals surface area contributed by atoms with Crippen LogP contribution in [0.4, 0.5) is 11.4 Å². The van der Waals surface area contributed by atoms with Gasteiger partial charge in [0, 0.05) is 18.1 Å². The largest absolute Gasteiger partial charge is 0.393 e. The van der Waals surface area contributed by atoms with Gasteiger partial charge in [-0.2, -0.15) is 0 Å². The normalized spacial score (nSPS) is 10.9. The summed E-state index contributed by atoms with van der Waals surface area (Å²) in [4.78, 5) is 22.4. The number of ketones is 1. The fraction of sp³-hybridized carbons (Fsp3) is 0.708. The Hall–Kier alpha value is -1.91. The second-order valence-corrected chi connectivity index (χ2v) is 8.15. The molecule has 0 radical (unpaired) electrons. The average molecular weight is 405 g/mol. The van der Waals surface area contributed by atoms with Crippen molar-refractivity contribution in [3.63, 3.8) is 0 Å². The molecule has 0 saturated heterocycles. The topological polar surface area (TPSA) is 86.2 Å². The standard InChI is InChI=1S/C24H40N2O3/c1-2-3-4-5-6-7-8-9-10-11-12-13-14-15-16-17-24(27)21-18-19-23(26(28)29)22(25)20-21/h18-20H,2-17,25H2,1H3. The third kappa shape index (κ3) is 11.6. The molecule has 5 heteroatoms. The summed E-state index contributed by atoms with van der Waals surface area (Å²) in [6.07, 6.45) is 19.9. The SMILES string of the molecule is CCCCCCCCCCCCCCCCCC(=O)c1ccc([N+](=O)[O-])c(N)c1. The van der Waals surface area contributed by atoms with Gasteiger partial charge in [-0.3, -0.25) is 14.9 Å². The first-order valence-corrected chi connectivity index (χ1v) is 11.6. The first kappa shape index (κ1) is 25.1. The van der Waals surface area contributed by atoms with Gasteiger partial charge in [-0.15, -0.1) is 0 Å². The number of carbonyl (C=O) groups is 1. The van der Waals surface area contributed by atoms with Gasteiger partial charge in [-0.25, -0.2) is 0 Å². The van der Waals surface area contributed by atoms with E-state index in [1.165, 1.54) is 102 Å². The molecule has 1 aromatic rings. The quantitative estimate of drug-likeness (QED) is 0.0896. The molecule has 0 spiro atoms. The fourth-order valence-corrected chi connectivity index (χ4v) is 3.70. The Morgan fingerprint density at radius 2 is 1.28 bits per heavy atom. The highest BCUT2D eigenvalue weighted by Crippen LogP contribution is 2.23. The summed E-state index contributed by atoms with van der Waals surface area (Å²) in [5.74, 6) is 0.0151. The zero-order valence-electron chi connectivity index (χ0n) is 18.3. The number of hydrogen-bond donors (Lipinski definition) is 1. The maximum Gasteiger partial charge on any atom is 0.292 e. The fourth-order valence-electron chi connectivity index (χ4n) is 3.70. The molecule has 0 aliphatic rings. The van der Waals surface area contributed by atoms with E-state index < -0.39 is 4.92 Å². The van der Waals surface area contributed by atoms with E-state index in [4.69, 9.17) is 5.73 Å². The van der Waals surface area contributed by atoms with Crippen LogP contribution in [0.15, 0.2) is 18.2 Å². The van der Waals surface area contributed by atoms with Crippen LogP contribution in [0.25, 0.3) is 0 Å².